The first kappa shape index (κ1) is 23.8. The van der Waals surface area contributed by atoms with Gasteiger partial charge in [-0.1, -0.05) is 29.8 Å². The highest BCUT2D eigenvalue weighted by molar-refractivity contribution is 8.00. The van der Waals surface area contributed by atoms with Gasteiger partial charge >= 0.3 is 0 Å². The van der Waals surface area contributed by atoms with E-state index in [1.165, 1.54) is 12.1 Å². The molecule has 12 heteroatoms. The molecular formula is C22H23ClN6O4S. The maximum absolute atomic E-state index is 13.8. The summed E-state index contributed by atoms with van der Waals surface area (Å²) in [6, 6.07) is 11.9. The highest BCUT2D eigenvalue weighted by atomic mass is 35.5. The van der Waals surface area contributed by atoms with Gasteiger partial charge in [0.1, 0.15) is 10.6 Å². The van der Waals surface area contributed by atoms with Crippen molar-refractivity contribution in [3.63, 3.8) is 0 Å². The number of nitrogens with zero attached hydrogens (tertiary/aromatic N) is 2. The van der Waals surface area contributed by atoms with E-state index >= 15 is 0 Å². The maximum Gasteiger partial charge on any atom is 0.260 e. The molecule has 0 bridgehead atoms. The van der Waals surface area contributed by atoms with Gasteiger partial charge in [-0.15, -0.1) is 5.10 Å². The highest BCUT2D eigenvalue weighted by Crippen LogP contribution is 2.38. The summed E-state index contributed by atoms with van der Waals surface area (Å²) in [5, 5.41) is 11.4. The number of nitrogens with two attached hydrogens (primary N) is 2. The number of aromatic nitrogens is 4. The van der Waals surface area contributed by atoms with Crippen LogP contribution in [0.2, 0.25) is 5.02 Å². The van der Waals surface area contributed by atoms with Crippen molar-refractivity contribution in [2.24, 2.45) is 11.5 Å². The quantitative estimate of drug-likeness (QED) is 0.200. The summed E-state index contributed by atoms with van der Waals surface area (Å²) in [5.41, 5.74) is 13.9. The number of rotatable bonds is 9. The lowest BCUT2D eigenvalue weighted by Gasteiger charge is -2.17. The molecule has 0 fully saturated rings. The van der Waals surface area contributed by atoms with E-state index in [0.717, 1.165) is 0 Å². The van der Waals surface area contributed by atoms with Gasteiger partial charge in [0.05, 0.1) is 16.6 Å². The first-order chi connectivity index (χ1) is 16.3. The molecule has 0 spiro atoms. The molecule has 1 unspecified atom stereocenters. The lowest BCUT2D eigenvalue weighted by molar-refractivity contribution is 0.0189. The predicted molar refractivity (Wildman–Crippen MR) is 128 cm³/mol. The molecule has 0 aliphatic heterocycles. The smallest absolute Gasteiger partial charge is 0.260 e. The molecular weight excluding hydrogens is 480 g/mol. The summed E-state index contributed by atoms with van der Waals surface area (Å²) in [6.45, 7) is 2.17. The third-order valence-corrected chi connectivity index (χ3v) is 7.25. The second-order valence-corrected chi connectivity index (χ2v) is 9.56. The van der Waals surface area contributed by atoms with Crippen LogP contribution in [0.3, 0.4) is 0 Å². The van der Waals surface area contributed by atoms with E-state index in [1.807, 2.05) is 6.92 Å². The zero-order valence-corrected chi connectivity index (χ0v) is 19.7. The van der Waals surface area contributed by atoms with Crippen molar-refractivity contribution < 1.29 is 17.9 Å². The van der Waals surface area contributed by atoms with E-state index in [0.29, 0.717) is 28.1 Å². The third-order valence-electron chi connectivity index (χ3n) is 5.13. The molecule has 4 aromatic rings. The average Bonchev–Trinajstić information content (AvgIpc) is 3.46. The van der Waals surface area contributed by atoms with Gasteiger partial charge in [-0.3, -0.25) is 0 Å². The summed E-state index contributed by atoms with van der Waals surface area (Å²) in [5.74, 6) is 0.0577. The topological polar surface area (TPSA) is 162 Å². The van der Waals surface area contributed by atoms with Gasteiger partial charge in [0.2, 0.25) is 9.84 Å². The fourth-order valence-corrected chi connectivity index (χ4v) is 5.28. The zero-order valence-electron chi connectivity index (χ0n) is 18.2. The Morgan fingerprint density at radius 3 is 2.68 bits per heavy atom. The molecule has 6 N–H and O–H groups in total. The molecule has 10 nitrogen and oxygen atoms in total. The summed E-state index contributed by atoms with van der Waals surface area (Å²) in [4.78, 5) is 2.96. The van der Waals surface area contributed by atoms with Crippen LogP contribution in [0.25, 0.3) is 15.8 Å². The van der Waals surface area contributed by atoms with Crippen LogP contribution >= 0.6 is 11.6 Å². The molecule has 2 aromatic carbocycles. The fraction of sp³-hybridized carbons (Fsp3) is 0.182. The molecule has 2 heterocycles. The van der Waals surface area contributed by atoms with E-state index in [9.17, 15) is 8.42 Å². The molecule has 0 aliphatic rings. The number of fused-ring (bicyclic) bond motifs is 1. The Morgan fingerprint density at radius 2 is 1.94 bits per heavy atom. The number of ether oxygens (including phenoxy) is 2. The number of benzene rings is 2. The Bertz CT molecular complexity index is 1430. The Labute approximate surface area is 200 Å². The van der Waals surface area contributed by atoms with Crippen molar-refractivity contribution in [2.45, 2.75) is 17.9 Å². The number of hydrogen-bond acceptors (Lipinski definition) is 8. The fourth-order valence-electron chi connectivity index (χ4n) is 3.46. The van der Waals surface area contributed by atoms with Crippen LogP contribution in [0, 0.1) is 0 Å². The summed E-state index contributed by atoms with van der Waals surface area (Å²) < 4.78 is 38.3. The largest absolute Gasteiger partial charge is 0.448 e. The summed E-state index contributed by atoms with van der Waals surface area (Å²) in [6.07, 6.45) is 1.56. The monoisotopic (exact) mass is 502 g/mol. The van der Waals surface area contributed by atoms with Crippen molar-refractivity contribution >= 4 is 37.2 Å². The number of aromatic amines is 2. The van der Waals surface area contributed by atoms with Crippen LogP contribution in [0.1, 0.15) is 24.2 Å². The maximum atomic E-state index is 13.8. The summed E-state index contributed by atoms with van der Waals surface area (Å²) in [7, 11) is -4.11. The molecule has 2 aromatic heterocycles. The first-order valence-electron chi connectivity index (χ1n) is 10.3. The van der Waals surface area contributed by atoms with Crippen LogP contribution in [0.5, 0.6) is 5.88 Å². The lowest BCUT2D eigenvalue weighted by Crippen LogP contribution is -2.24. The van der Waals surface area contributed by atoms with E-state index in [1.54, 1.807) is 42.6 Å². The molecule has 0 saturated carbocycles. The van der Waals surface area contributed by atoms with Gasteiger partial charge in [-0.25, -0.2) is 8.42 Å². The third kappa shape index (κ3) is 4.50. The number of sulfone groups is 1. The van der Waals surface area contributed by atoms with Crippen molar-refractivity contribution in [1.82, 2.24) is 20.4 Å². The second kappa shape index (κ2) is 9.85. The van der Waals surface area contributed by atoms with Crippen LogP contribution in [0.15, 0.2) is 65.3 Å². The van der Waals surface area contributed by atoms with E-state index in [4.69, 9.17) is 32.5 Å². The number of halogens is 1. The van der Waals surface area contributed by atoms with Gasteiger partial charge in [0, 0.05) is 34.3 Å². The van der Waals surface area contributed by atoms with Crippen LogP contribution in [-0.2, 0) is 14.6 Å². The molecule has 0 aliphatic carbocycles. The zero-order chi connectivity index (χ0) is 24.3. The molecule has 0 radical (unpaired) electrons. The summed E-state index contributed by atoms with van der Waals surface area (Å²) >= 11 is 6.20. The minimum absolute atomic E-state index is 0.0577. The average molecular weight is 503 g/mol. The van der Waals surface area contributed by atoms with Gasteiger partial charge < -0.3 is 25.9 Å². The van der Waals surface area contributed by atoms with Gasteiger partial charge in [0.25, 0.3) is 5.88 Å². The number of nitrogens with one attached hydrogen (secondary N) is 2. The molecule has 34 heavy (non-hydrogen) atoms. The Hall–Kier alpha value is -3.38. The van der Waals surface area contributed by atoms with Crippen molar-refractivity contribution in [3.05, 3.63) is 76.7 Å². The van der Waals surface area contributed by atoms with Crippen molar-refractivity contribution in [3.8, 4) is 5.88 Å². The minimum Gasteiger partial charge on any atom is -0.448 e. The Morgan fingerprint density at radius 1 is 1.18 bits per heavy atom. The minimum atomic E-state index is -4.11. The van der Waals surface area contributed by atoms with E-state index < -0.39 is 15.9 Å². The van der Waals surface area contributed by atoms with Crippen molar-refractivity contribution in [1.29, 1.82) is 0 Å². The van der Waals surface area contributed by atoms with E-state index in [2.05, 4.69) is 20.4 Å². The Balaban J connectivity index is 1.91. The Kier molecular flexibility index (Phi) is 6.89. The predicted octanol–water partition coefficient (Wildman–Crippen LogP) is 3.11. The lowest BCUT2D eigenvalue weighted by atomic mass is 10.1. The molecule has 0 amide bonds. The van der Waals surface area contributed by atoms with Crippen LogP contribution < -0.4 is 16.2 Å². The van der Waals surface area contributed by atoms with Crippen molar-refractivity contribution in [2.75, 3.05) is 13.4 Å². The molecule has 0 saturated heterocycles. The normalized spacial score (nSPS) is 13.6. The molecule has 1 atom stereocenters. The standard InChI is InChI=1S/C22H23ClN6O4S/c1-2-32-12-33-22-20(27-29-28-22)18(24)19(25)21(34(30,31)14-6-4-3-5-7-14)16-11-26-17-9-8-13(23)10-15(16)17/h3-11,18,26H,2,12,24-25H2,1H3,(H,27,28,29). The van der Waals surface area contributed by atoms with Crippen LogP contribution in [-0.4, -0.2) is 42.2 Å². The van der Waals surface area contributed by atoms with Gasteiger partial charge in [-0.2, -0.15) is 10.3 Å². The van der Waals surface area contributed by atoms with Gasteiger partial charge in [0.15, 0.2) is 6.79 Å². The first-order valence-corrected chi connectivity index (χ1v) is 12.1. The molecule has 178 valence electrons. The molecule has 4 rings (SSSR count). The van der Waals surface area contributed by atoms with Crippen LogP contribution in [0.4, 0.5) is 0 Å². The van der Waals surface area contributed by atoms with Gasteiger partial charge in [-0.05, 0) is 37.3 Å². The van der Waals surface area contributed by atoms with E-state index in [-0.39, 0.29) is 33.9 Å². The number of hydrogen-bond donors (Lipinski definition) is 4. The SMILES string of the molecule is CCOCOc1n[nH]nc1C(N)C(N)=C(c1c[nH]c2ccc(Cl)cc12)S(=O)(=O)c1ccccc1. The second-order valence-electron chi connectivity index (χ2n) is 7.24. The number of H-pyrrole nitrogens is 2. The highest BCUT2D eigenvalue weighted by Gasteiger charge is 2.32.